The van der Waals surface area contributed by atoms with Crippen molar-refractivity contribution in [2.45, 2.75) is 73.2 Å². The number of sulfonamides is 4. The lowest BCUT2D eigenvalue weighted by molar-refractivity contribution is 0.315. The third-order valence-electron chi connectivity index (χ3n) is 10.6. The van der Waals surface area contributed by atoms with Crippen LogP contribution >= 0.6 is 0 Å². The van der Waals surface area contributed by atoms with E-state index in [0.717, 1.165) is 22.3 Å². The van der Waals surface area contributed by atoms with Crippen LogP contribution in [0.25, 0.3) is 0 Å². The molecule has 0 amide bonds. The molecule has 0 saturated carbocycles. The first-order valence-electron chi connectivity index (χ1n) is 19.7. The summed E-state index contributed by atoms with van der Waals surface area (Å²) in [7, 11) is -16.6. The number of hydrogen-bond donors (Lipinski definition) is 0. The third kappa shape index (κ3) is 10.6. The van der Waals surface area contributed by atoms with Crippen LogP contribution in [0.1, 0.15) is 46.2 Å². The maximum absolute atomic E-state index is 14.4. The maximum atomic E-state index is 14.4. The maximum Gasteiger partial charge on any atom is 0.243 e. The van der Waals surface area contributed by atoms with Crippen molar-refractivity contribution in [1.82, 2.24) is 17.2 Å². The normalized spacial score (nSPS) is 16.9. The fourth-order valence-corrected chi connectivity index (χ4v) is 12.9. The Hall–Kier alpha value is -4.26. The summed E-state index contributed by atoms with van der Waals surface area (Å²) >= 11 is 0. The molecule has 1 heterocycles. The Labute approximate surface area is 356 Å². The molecule has 1 aliphatic heterocycles. The Morgan fingerprint density at radius 2 is 0.583 bits per heavy atom. The molecule has 2 bridgehead atoms. The van der Waals surface area contributed by atoms with Gasteiger partial charge in [0.25, 0.3) is 0 Å². The summed E-state index contributed by atoms with van der Waals surface area (Å²) in [6.07, 6.45) is 0.173. The first-order chi connectivity index (χ1) is 28.4. The molecule has 0 aliphatic carbocycles. The van der Waals surface area contributed by atoms with Crippen molar-refractivity contribution in [3.63, 3.8) is 0 Å². The molecule has 320 valence electrons. The highest BCUT2D eigenvalue weighted by Gasteiger charge is 2.32. The van der Waals surface area contributed by atoms with Crippen molar-refractivity contribution in [2.24, 2.45) is 0 Å². The summed E-state index contributed by atoms with van der Waals surface area (Å²) < 4.78 is 120. The summed E-state index contributed by atoms with van der Waals surface area (Å²) in [4.78, 5) is 0.188. The molecule has 0 spiro atoms. The first-order valence-corrected chi connectivity index (χ1v) is 25.5. The van der Waals surface area contributed by atoms with Crippen LogP contribution in [0.4, 0.5) is 0 Å². The lowest BCUT2D eigenvalue weighted by Crippen LogP contribution is -2.43. The predicted octanol–water partition coefficient (Wildman–Crippen LogP) is 6.48. The van der Waals surface area contributed by atoms with Crippen molar-refractivity contribution in [3.05, 3.63) is 155 Å². The van der Waals surface area contributed by atoms with Crippen molar-refractivity contribution < 1.29 is 33.7 Å². The van der Waals surface area contributed by atoms with Gasteiger partial charge in [-0.2, -0.15) is 17.2 Å². The van der Waals surface area contributed by atoms with E-state index < -0.39 is 40.1 Å². The molecule has 0 aromatic heterocycles. The second-order valence-electron chi connectivity index (χ2n) is 15.3. The van der Waals surface area contributed by atoms with E-state index in [-0.39, 0.29) is 84.8 Å². The van der Waals surface area contributed by atoms with Crippen LogP contribution in [0, 0.1) is 27.7 Å². The number of benzene rings is 5. The van der Waals surface area contributed by atoms with Gasteiger partial charge in [-0.15, -0.1) is 0 Å². The number of hydrogen-bond acceptors (Lipinski definition) is 8. The minimum Gasteiger partial charge on any atom is -0.207 e. The van der Waals surface area contributed by atoms with Gasteiger partial charge in [-0.3, -0.25) is 0 Å². The standard InChI is InChI=1S/C44H52N4O8S4/c1-35-10-18-41(19-11-35)57(49,50)45-26-6-28-47(59(53,54)43-22-14-37(3)15-23-43)33-39-8-5-9-40(32-39)34-48(60(55,56)44-24-16-38(4)17-25-44)29-7-27-46(31-30-45)58(51,52)42-20-12-36(2)13-21-42/h5,8-25,32H,6-7,26-31,33-34H2,1-4H3. The minimum atomic E-state index is -4.20. The quantitative estimate of drug-likeness (QED) is 0.172. The Morgan fingerprint density at radius 3 is 0.867 bits per heavy atom. The highest BCUT2D eigenvalue weighted by molar-refractivity contribution is 7.90. The number of fused-ring (bicyclic) bond motifs is 2. The van der Waals surface area contributed by atoms with Gasteiger partial charge in [-0.05, 0) is 100 Å². The Morgan fingerprint density at radius 1 is 0.333 bits per heavy atom. The molecule has 0 atom stereocenters. The molecular weight excluding hydrogens is 841 g/mol. The van der Waals surface area contributed by atoms with E-state index in [2.05, 4.69) is 0 Å². The van der Waals surface area contributed by atoms with E-state index in [9.17, 15) is 33.7 Å². The molecule has 5 aromatic rings. The molecule has 0 radical (unpaired) electrons. The average Bonchev–Trinajstić information content (AvgIpc) is 3.21. The fraction of sp³-hybridized carbons (Fsp3) is 0.318. The van der Waals surface area contributed by atoms with E-state index in [1.165, 1.54) is 65.8 Å². The minimum absolute atomic E-state index is 0.0184. The average molecular weight is 893 g/mol. The van der Waals surface area contributed by atoms with Gasteiger partial charge in [0.2, 0.25) is 40.1 Å². The Balaban J connectivity index is 1.45. The molecule has 60 heavy (non-hydrogen) atoms. The van der Waals surface area contributed by atoms with E-state index in [1.54, 1.807) is 72.8 Å². The largest absolute Gasteiger partial charge is 0.243 e. The van der Waals surface area contributed by atoms with Crippen LogP contribution in [-0.2, 0) is 53.2 Å². The van der Waals surface area contributed by atoms with Crippen molar-refractivity contribution in [1.29, 1.82) is 0 Å². The van der Waals surface area contributed by atoms with Crippen molar-refractivity contribution in [2.75, 3.05) is 39.3 Å². The van der Waals surface area contributed by atoms with E-state index in [1.807, 2.05) is 27.7 Å². The zero-order valence-electron chi connectivity index (χ0n) is 34.3. The zero-order chi connectivity index (χ0) is 43.3. The zero-order valence-corrected chi connectivity index (χ0v) is 37.6. The molecule has 0 N–H and O–H groups in total. The molecule has 0 fully saturated rings. The molecule has 1 aliphatic rings. The summed E-state index contributed by atoms with van der Waals surface area (Å²) in [5.74, 6) is 0. The molecular formula is C44H52N4O8S4. The summed E-state index contributed by atoms with van der Waals surface area (Å²) in [6, 6.07) is 32.8. The van der Waals surface area contributed by atoms with Gasteiger partial charge >= 0.3 is 0 Å². The number of nitrogens with zero attached hydrogens (tertiary/aromatic N) is 4. The Bertz CT molecular complexity index is 2520. The second kappa shape index (κ2) is 18.8. The van der Waals surface area contributed by atoms with Crippen LogP contribution in [-0.4, -0.2) is 90.2 Å². The van der Waals surface area contributed by atoms with Crippen LogP contribution in [0.2, 0.25) is 0 Å². The number of rotatable bonds is 8. The smallest absolute Gasteiger partial charge is 0.207 e. The molecule has 0 unspecified atom stereocenters. The van der Waals surface area contributed by atoms with Gasteiger partial charge in [-0.25, -0.2) is 33.7 Å². The summed E-state index contributed by atoms with van der Waals surface area (Å²) in [5.41, 5.74) is 4.69. The van der Waals surface area contributed by atoms with Crippen LogP contribution in [0.15, 0.2) is 141 Å². The molecule has 12 nitrogen and oxygen atoms in total. The molecule has 0 saturated heterocycles. The van der Waals surface area contributed by atoms with Gasteiger partial charge < -0.3 is 0 Å². The van der Waals surface area contributed by atoms with E-state index >= 15 is 0 Å². The van der Waals surface area contributed by atoms with Crippen LogP contribution in [0.3, 0.4) is 0 Å². The lowest BCUT2D eigenvalue weighted by atomic mass is 10.1. The Kier molecular flexibility index (Phi) is 14.2. The lowest BCUT2D eigenvalue weighted by Gasteiger charge is -2.29. The fourth-order valence-electron chi connectivity index (χ4n) is 7.01. The van der Waals surface area contributed by atoms with Gasteiger partial charge in [0, 0.05) is 52.4 Å². The summed E-state index contributed by atoms with van der Waals surface area (Å²) in [5, 5.41) is 0. The molecule has 6 rings (SSSR count). The van der Waals surface area contributed by atoms with E-state index in [0.29, 0.717) is 11.1 Å². The van der Waals surface area contributed by atoms with Gasteiger partial charge in [0.15, 0.2) is 0 Å². The SMILES string of the molecule is Cc1ccc(S(=O)(=O)N2CCCN(S(=O)(=O)c3ccc(C)cc3)Cc3cccc(c3)CN(S(=O)(=O)c3ccc(C)cc3)CCCN(S(=O)(=O)c3ccc(C)cc3)CC2)cc1. The third-order valence-corrected chi connectivity index (χ3v) is 18.1. The van der Waals surface area contributed by atoms with Crippen LogP contribution in [0.5, 0.6) is 0 Å². The predicted molar refractivity (Wildman–Crippen MR) is 233 cm³/mol. The number of aryl methyl sites for hydroxylation is 4. The van der Waals surface area contributed by atoms with Crippen molar-refractivity contribution >= 4 is 40.1 Å². The monoisotopic (exact) mass is 892 g/mol. The molecule has 16 heteroatoms. The van der Waals surface area contributed by atoms with Crippen LogP contribution < -0.4 is 0 Å². The van der Waals surface area contributed by atoms with Crippen molar-refractivity contribution in [3.8, 4) is 0 Å². The second-order valence-corrected chi connectivity index (χ2v) is 23.0. The highest BCUT2D eigenvalue weighted by atomic mass is 32.2. The highest BCUT2D eigenvalue weighted by Crippen LogP contribution is 2.26. The van der Waals surface area contributed by atoms with E-state index in [4.69, 9.17) is 0 Å². The van der Waals surface area contributed by atoms with Gasteiger partial charge in [0.05, 0.1) is 19.6 Å². The first kappa shape index (κ1) is 45.3. The molecule has 5 aromatic carbocycles. The topological polar surface area (TPSA) is 150 Å². The van der Waals surface area contributed by atoms with Gasteiger partial charge in [-0.1, -0.05) is 95.1 Å². The summed E-state index contributed by atoms with van der Waals surface area (Å²) in [6.45, 7) is 6.38. The van der Waals surface area contributed by atoms with Gasteiger partial charge in [0.1, 0.15) is 0 Å².